The number of aromatic carboxylic acids is 1. The molecule has 0 saturated carbocycles. The average Bonchev–Trinajstić information content (AvgIpc) is 2.62. The van der Waals surface area contributed by atoms with Crippen molar-refractivity contribution >= 4 is 29.2 Å². The summed E-state index contributed by atoms with van der Waals surface area (Å²) in [5.41, 5.74) is 1.53. The van der Waals surface area contributed by atoms with Crippen LogP contribution in [0.5, 0.6) is 0 Å². The van der Waals surface area contributed by atoms with Crippen LogP contribution in [0.1, 0.15) is 37.8 Å². The summed E-state index contributed by atoms with van der Waals surface area (Å²) in [5, 5.41) is 11.9. The van der Waals surface area contributed by atoms with Crippen molar-refractivity contribution in [3.63, 3.8) is 0 Å². The van der Waals surface area contributed by atoms with Gasteiger partial charge < -0.3 is 14.8 Å². The van der Waals surface area contributed by atoms with Gasteiger partial charge in [-0.25, -0.2) is 4.79 Å². The van der Waals surface area contributed by atoms with Crippen LogP contribution in [0.25, 0.3) is 0 Å². The highest BCUT2D eigenvalue weighted by molar-refractivity contribution is 6.31. The van der Waals surface area contributed by atoms with Crippen LogP contribution in [-0.4, -0.2) is 17.0 Å². The molecule has 1 heterocycles. The summed E-state index contributed by atoms with van der Waals surface area (Å²) in [6.45, 7) is 5.28. The molecule has 0 atom stereocenters. The van der Waals surface area contributed by atoms with Crippen LogP contribution in [-0.2, 0) is 0 Å². The fourth-order valence-corrected chi connectivity index (χ4v) is 2.34. The largest absolute Gasteiger partial charge is 0.478 e. The number of anilines is 1. The number of amides is 1. The second kappa shape index (κ2) is 5.61. The van der Waals surface area contributed by atoms with Crippen LogP contribution in [0.2, 0.25) is 5.02 Å². The van der Waals surface area contributed by atoms with Crippen molar-refractivity contribution in [2.24, 2.45) is 0 Å². The summed E-state index contributed by atoms with van der Waals surface area (Å²) in [6.07, 6.45) is 0. The first-order valence-electron chi connectivity index (χ1n) is 6.21. The van der Waals surface area contributed by atoms with Crippen LogP contribution >= 0.6 is 11.6 Å². The third-order valence-electron chi connectivity index (χ3n) is 3.19. The van der Waals surface area contributed by atoms with Crippen LogP contribution in [0.3, 0.4) is 0 Å². The fourth-order valence-electron chi connectivity index (χ4n) is 2.11. The van der Waals surface area contributed by atoms with Crippen LogP contribution in [0.15, 0.2) is 22.6 Å². The minimum atomic E-state index is -1.11. The van der Waals surface area contributed by atoms with Crippen molar-refractivity contribution < 1.29 is 19.1 Å². The first-order valence-corrected chi connectivity index (χ1v) is 6.59. The predicted molar refractivity (Wildman–Crippen MR) is 79.3 cm³/mol. The van der Waals surface area contributed by atoms with Crippen LogP contribution in [0, 0.1) is 20.8 Å². The van der Waals surface area contributed by atoms with Crippen molar-refractivity contribution in [1.29, 1.82) is 0 Å². The lowest BCUT2D eigenvalue weighted by atomic mass is 10.1. The monoisotopic (exact) mass is 307 g/mol. The minimum Gasteiger partial charge on any atom is -0.478 e. The number of carbonyl (C=O) groups excluding carboxylic acids is 1. The highest BCUT2D eigenvalue weighted by Gasteiger charge is 2.19. The lowest BCUT2D eigenvalue weighted by molar-refractivity contribution is 0.0696. The predicted octanol–water partition coefficient (Wildman–Crippen LogP) is 3.81. The van der Waals surface area contributed by atoms with Gasteiger partial charge in [0, 0.05) is 16.3 Å². The summed E-state index contributed by atoms with van der Waals surface area (Å²) in [5.74, 6) is -0.280. The molecule has 0 fully saturated rings. The molecule has 6 heteroatoms. The van der Waals surface area contributed by atoms with E-state index in [2.05, 4.69) is 5.32 Å². The van der Waals surface area contributed by atoms with Gasteiger partial charge in [-0.15, -0.1) is 0 Å². The molecule has 0 aliphatic rings. The van der Waals surface area contributed by atoms with Gasteiger partial charge >= 0.3 is 5.97 Å². The molecule has 5 nitrogen and oxygen atoms in total. The van der Waals surface area contributed by atoms with E-state index in [-0.39, 0.29) is 16.5 Å². The topological polar surface area (TPSA) is 79.5 Å². The van der Waals surface area contributed by atoms with E-state index in [0.717, 1.165) is 5.56 Å². The number of hydrogen-bond donors (Lipinski definition) is 2. The Labute approximate surface area is 126 Å². The summed E-state index contributed by atoms with van der Waals surface area (Å²) in [7, 11) is 0. The minimum absolute atomic E-state index is 0.00891. The van der Waals surface area contributed by atoms with E-state index in [1.54, 1.807) is 20.8 Å². The lowest BCUT2D eigenvalue weighted by Gasteiger charge is -2.07. The van der Waals surface area contributed by atoms with Crippen LogP contribution < -0.4 is 5.32 Å². The second-order valence-electron chi connectivity index (χ2n) is 4.70. The average molecular weight is 308 g/mol. The Balaban J connectivity index is 2.34. The van der Waals surface area contributed by atoms with Gasteiger partial charge in [-0.3, -0.25) is 4.79 Å². The lowest BCUT2D eigenvalue weighted by Crippen LogP contribution is -2.14. The van der Waals surface area contributed by atoms with E-state index >= 15 is 0 Å². The number of benzene rings is 1. The smallest absolute Gasteiger partial charge is 0.335 e. The number of halogens is 1. The van der Waals surface area contributed by atoms with E-state index in [1.165, 1.54) is 18.2 Å². The first-order chi connectivity index (χ1) is 9.79. The normalized spacial score (nSPS) is 10.5. The van der Waals surface area contributed by atoms with Crippen molar-refractivity contribution in [2.45, 2.75) is 20.8 Å². The van der Waals surface area contributed by atoms with E-state index in [9.17, 15) is 9.59 Å². The molecular weight excluding hydrogens is 294 g/mol. The molecule has 1 aromatic heterocycles. The number of hydrogen-bond acceptors (Lipinski definition) is 3. The Bertz CT molecular complexity index is 734. The molecule has 0 unspecified atom stereocenters. The summed E-state index contributed by atoms with van der Waals surface area (Å²) >= 11 is 5.86. The third kappa shape index (κ3) is 3.08. The van der Waals surface area contributed by atoms with Crippen molar-refractivity contribution in [3.05, 3.63) is 51.4 Å². The Morgan fingerprint density at radius 3 is 2.33 bits per heavy atom. The first kappa shape index (κ1) is 15.1. The highest BCUT2D eigenvalue weighted by Crippen LogP contribution is 2.24. The fraction of sp³-hybridized carbons (Fsp3) is 0.200. The zero-order chi connectivity index (χ0) is 15.7. The van der Waals surface area contributed by atoms with Crippen molar-refractivity contribution in [1.82, 2.24) is 0 Å². The van der Waals surface area contributed by atoms with E-state index in [1.807, 2.05) is 0 Å². The quantitative estimate of drug-likeness (QED) is 0.903. The van der Waals surface area contributed by atoms with E-state index < -0.39 is 5.97 Å². The molecule has 110 valence electrons. The third-order valence-corrected chi connectivity index (χ3v) is 3.41. The SMILES string of the molecule is Cc1oc(C)c(C(=O)Nc2cc(Cl)cc(C(=O)O)c2)c1C. The van der Waals surface area contributed by atoms with Gasteiger partial charge in [-0.05, 0) is 39.0 Å². The molecule has 1 aromatic carbocycles. The highest BCUT2D eigenvalue weighted by atomic mass is 35.5. The molecule has 21 heavy (non-hydrogen) atoms. The molecular formula is C15H14ClNO4. The van der Waals surface area contributed by atoms with Gasteiger partial charge in [0.15, 0.2) is 0 Å². The number of aryl methyl sites for hydroxylation is 2. The maximum atomic E-state index is 12.3. The zero-order valence-electron chi connectivity index (χ0n) is 11.8. The molecule has 0 spiro atoms. The Morgan fingerprint density at radius 2 is 1.81 bits per heavy atom. The van der Waals surface area contributed by atoms with Gasteiger partial charge in [0.1, 0.15) is 11.5 Å². The Kier molecular flexibility index (Phi) is 4.04. The number of rotatable bonds is 3. The molecule has 2 N–H and O–H groups in total. The maximum Gasteiger partial charge on any atom is 0.335 e. The number of carboxylic acids is 1. The van der Waals surface area contributed by atoms with E-state index in [0.29, 0.717) is 22.8 Å². The molecule has 1 amide bonds. The molecule has 0 saturated heterocycles. The zero-order valence-corrected chi connectivity index (χ0v) is 12.5. The standard InChI is InChI=1S/C15H14ClNO4/c1-7-8(2)21-9(3)13(7)14(18)17-12-5-10(15(19)20)4-11(16)6-12/h4-6H,1-3H3,(H,17,18)(H,19,20). The van der Waals surface area contributed by atoms with Gasteiger partial charge in [-0.2, -0.15) is 0 Å². The molecule has 0 aliphatic heterocycles. The van der Waals surface area contributed by atoms with Crippen LogP contribution in [0.4, 0.5) is 5.69 Å². The summed E-state index contributed by atoms with van der Waals surface area (Å²) in [4.78, 5) is 23.3. The molecule has 0 radical (unpaired) electrons. The summed E-state index contributed by atoms with van der Waals surface area (Å²) in [6, 6.07) is 4.16. The number of carboxylic acid groups (broad SMARTS) is 1. The van der Waals surface area contributed by atoms with Gasteiger partial charge in [0.2, 0.25) is 0 Å². The molecule has 0 bridgehead atoms. The number of furan rings is 1. The molecule has 2 aromatic rings. The maximum absolute atomic E-state index is 12.3. The number of nitrogens with one attached hydrogen (secondary N) is 1. The van der Waals surface area contributed by atoms with Gasteiger partial charge in [0.25, 0.3) is 5.91 Å². The van der Waals surface area contributed by atoms with Crippen molar-refractivity contribution in [2.75, 3.05) is 5.32 Å². The van der Waals surface area contributed by atoms with E-state index in [4.69, 9.17) is 21.1 Å². The van der Waals surface area contributed by atoms with Gasteiger partial charge in [0.05, 0.1) is 11.1 Å². The second-order valence-corrected chi connectivity index (χ2v) is 5.14. The Morgan fingerprint density at radius 1 is 1.14 bits per heavy atom. The van der Waals surface area contributed by atoms with Gasteiger partial charge in [-0.1, -0.05) is 11.6 Å². The number of carbonyl (C=O) groups is 2. The molecule has 2 rings (SSSR count). The molecule has 0 aliphatic carbocycles. The van der Waals surface area contributed by atoms with Crippen molar-refractivity contribution in [3.8, 4) is 0 Å². The summed E-state index contributed by atoms with van der Waals surface area (Å²) < 4.78 is 5.41. The Hall–Kier alpha value is -2.27.